The van der Waals surface area contributed by atoms with E-state index in [1.54, 1.807) is 18.2 Å². The van der Waals surface area contributed by atoms with Crippen LogP contribution in [0.2, 0.25) is 0 Å². The molecule has 1 heterocycles. The Labute approximate surface area is 137 Å². The molecule has 1 fully saturated rings. The van der Waals surface area contributed by atoms with Crippen LogP contribution in [0.15, 0.2) is 64.8 Å². The summed E-state index contributed by atoms with van der Waals surface area (Å²) in [7, 11) is 0. The molecule has 0 saturated carbocycles. The van der Waals surface area contributed by atoms with Crippen molar-refractivity contribution in [1.82, 2.24) is 5.32 Å². The summed E-state index contributed by atoms with van der Waals surface area (Å²) in [5.41, 5.74) is 1.45. The van der Waals surface area contributed by atoms with Gasteiger partial charge in [0, 0.05) is 5.56 Å². The van der Waals surface area contributed by atoms with Crippen molar-refractivity contribution in [3.8, 4) is 0 Å². The average Bonchev–Trinajstić information content (AvgIpc) is 2.90. The molecule has 0 spiro atoms. The number of nitrogens with one attached hydrogen (secondary N) is 1. The first-order valence-electron chi connectivity index (χ1n) is 7.09. The summed E-state index contributed by atoms with van der Waals surface area (Å²) >= 11 is 1.33. The first-order chi connectivity index (χ1) is 11.2. The summed E-state index contributed by atoms with van der Waals surface area (Å²) in [6, 6.07) is 16.1. The van der Waals surface area contributed by atoms with Crippen molar-refractivity contribution >= 4 is 29.1 Å². The number of nitrogens with zero attached hydrogens (tertiary/aromatic N) is 2. The molecule has 1 unspecified atom stereocenters. The number of carbonyl (C=O) groups is 1. The lowest BCUT2D eigenvalue weighted by Crippen LogP contribution is -2.25. The summed E-state index contributed by atoms with van der Waals surface area (Å²) in [5.74, 6) is -0.444. The van der Waals surface area contributed by atoms with Crippen molar-refractivity contribution in [3.05, 3.63) is 71.5 Å². The summed E-state index contributed by atoms with van der Waals surface area (Å²) < 4.78 is 13.4. The van der Waals surface area contributed by atoms with E-state index in [1.807, 2.05) is 30.3 Å². The topological polar surface area (TPSA) is 53.8 Å². The fourth-order valence-corrected chi connectivity index (χ4v) is 3.10. The van der Waals surface area contributed by atoms with Gasteiger partial charge in [0.1, 0.15) is 5.82 Å². The number of benzene rings is 2. The molecule has 3 rings (SSSR count). The zero-order chi connectivity index (χ0) is 16.1. The maximum atomic E-state index is 13.4. The van der Waals surface area contributed by atoms with E-state index in [1.165, 1.54) is 24.0 Å². The molecule has 1 amide bonds. The molecule has 1 aliphatic rings. The second-order valence-electron chi connectivity index (χ2n) is 4.96. The fourth-order valence-electron chi connectivity index (χ4n) is 2.14. The normalized spacial score (nSPS) is 19.4. The summed E-state index contributed by atoms with van der Waals surface area (Å²) in [6.45, 7) is 0. The third-order valence-electron chi connectivity index (χ3n) is 3.29. The van der Waals surface area contributed by atoms with E-state index < -0.39 is 0 Å². The van der Waals surface area contributed by atoms with E-state index in [2.05, 4.69) is 15.5 Å². The van der Waals surface area contributed by atoms with Crippen molar-refractivity contribution < 1.29 is 9.18 Å². The molecule has 0 bridgehead atoms. The maximum absolute atomic E-state index is 13.4. The van der Waals surface area contributed by atoms with E-state index in [9.17, 15) is 9.18 Å². The van der Waals surface area contributed by atoms with Crippen LogP contribution in [0.4, 0.5) is 4.39 Å². The lowest BCUT2D eigenvalue weighted by atomic mass is 10.1. The third kappa shape index (κ3) is 4.04. The van der Waals surface area contributed by atoms with Crippen LogP contribution < -0.4 is 5.32 Å². The van der Waals surface area contributed by atoms with Gasteiger partial charge < -0.3 is 5.32 Å². The molecule has 1 saturated heterocycles. The molecule has 2 aromatic carbocycles. The van der Waals surface area contributed by atoms with Gasteiger partial charge in [0.2, 0.25) is 5.91 Å². The Hall–Kier alpha value is -2.47. The number of halogens is 1. The first kappa shape index (κ1) is 15.4. The Bertz CT molecular complexity index is 761. The Morgan fingerprint density at radius 2 is 1.87 bits per heavy atom. The fraction of sp³-hybridized carbons (Fsp3) is 0.118. The molecule has 0 aromatic heterocycles. The monoisotopic (exact) mass is 327 g/mol. The highest BCUT2D eigenvalue weighted by Gasteiger charge is 2.30. The van der Waals surface area contributed by atoms with Gasteiger partial charge >= 0.3 is 0 Å². The number of thioether (sulfide) groups is 1. The molecule has 4 nitrogen and oxygen atoms in total. The number of carbonyl (C=O) groups excluding carboxylic acids is 1. The van der Waals surface area contributed by atoms with Gasteiger partial charge in [-0.25, -0.2) is 4.39 Å². The van der Waals surface area contributed by atoms with Crippen LogP contribution in [0.1, 0.15) is 11.1 Å². The Balaban J connectivity index is 1.64. The van der Waals surface area contributed by atoms with Crippen LogP contribution in [-0.2, 0) is 11.2 Å². The van der Waals surface area contributed by atoms with Crippen LogP contribution in [0.5, 0.6) is 0 Å². The molecule has 2 aromatic rings. The predicted molar refractivity (Wildman–Crippen MR) is 91.1 cm³/mol. The standard InChI is InChI=1S/C17H14FN3OS/c18-14-9-5-4-8-13(14)11-19-21-17-20-16(22)15(23-17)10-12-6-2-1-3-7-12/h1-9,11,15H,10H2,(H,20,21,22). The second kappa shape index (κ2) is 7.19. The molecular formula is C17H14FN3OS. The van der Waals surface area contributed by atoms with Gasteiger partial charge in [-0.15, -0.1) is 5.10 Å². The van der Waals surface area contributed by atoms with E-state index in [0.717, 1.165) is 5.56 Å². The van der Waals surface area contributed by atoms with Crippen molar-refractivity contribution in [2.24, 2.45) is 10.2 Å². The minimum Gasteiger partial charge on any atom is -0.303 e. The highest BCUT2D eigenvalue weighted by atomic mass is 32.2. The number of hydrogen-bond donors (Lipinski definition) is 1. The highest BCUT2D eigenvalue weighted by molar-refractivity contribution is 8.15. The molecule has 116 valence electrons. The molecule has 0 radical (unpaired) electrons. The lowest BCUT2D eigenvalue weighted by Gasteiger charge is -2.04. The quantitative estimate of drug-likeness (QED) is 0.693. The SMILES string of the molecule is O=C1NC(=NN=Cc2ccccc2F)SC1Cc1ccccc1. The van der Waals surface area contributed by atoms with Gasteiger partial charge in [-0.1, -0.05) is 60.3 Å². The van der Waals surface area contributed by atoms with E-state index >= 15 is 0 Å². The van der Waals surface area contributed by atoms with Gasteiger partial charge in [0.15, 0.2) is 5.17 Å². The molecule has 23 heavy (non-hydrogen) atoms. The molecule has 1 aliphatic heterocycles. The highest BCUT2D eigenvalue weighted by Crippen LogP contribution is 2.23. The van der Waals surface area contributed by atoms with Gasteiger partial charge in [-0.05, 0) is 18.1 Å². The Morgan fingerprint density at radius 1 is 1.13 bits per heavy atom. The zero-order valence-corrected chi connectivity index (χ0v) is 13.0. The van der Waals surface area contributed by atoms with Crippen molar-refractivity contribution in [2.45, 2.75) is 11.7 Å². The van der Waals surface area contributed by atoms with Crippen LogP contribution in [0.25, 0.3) is 0 Å². The summed E-state index contributed by atoms with van der Waals surface area (Å²) in [6.07, 6.45) is 1.97. The minimum atomic E-state index is -0.360. The van der Waals surface area contributed by atoms with Gasteiger partial charge in [-0.3, -0.25) is 4.79 Å². The van der Waals surface area contributed by atoms with Crippen LogP contribution in [0.3, 0.4) is 0 Å². The van der Waals surface area contributed by atoms with Crippen LogP contribution in [0, 0.1) is 5.82 Å². The second-order valence-corrected chi connectivity index (χ2v) is 6.15. The molecule has 1 N–H and O–H groups in total. The van der Waals surface area contributed by atoms with Gasteiger partial charge in [-0.2, -0.15) is 5.10 Å². The molecule has 6 heteroatoms. The number of amides is 1. The predicted octanol–water partition coefficient (Wildman–Crippen LogP) is 2.99. The maximum Gasteiger partial charge on any atom is 0.239 e. The number of hydrogen-bond acceptors (Lipinski definition) is 4. The smallest absolute Gasteiger partial charge is 0.239 e. The van der Waals surface area contributed by atoms with Gasteiger partial charge in [0.05, 0.1) is 11.5 Å². The van der Waals surface area contributed by atoms with Crippen molar-refractivity contribution in [2.75, 3.05) is 0 Å². The molecule has 1 atom stereocenters. The minimum absolute atomic E-state index is 0.0845. The van der Waals surface area contributed by atoms with Crippen LogP contribution >= 0.6 is 11.8 Å². The largest absolute Gasteiger partial charge is 0.303 e. The van der Waals surface area contributed by atoms with Gasteiger partial charge in [0.25, 0.3) is 0 Å². The lowest BCUT2D eigenvalue weighted by molar-refractivity contribution is -0.118. The first-order valence-corrected chi connectivity index (χ1v) is 7.97. The van der Waals surface area contributed by atoms with Crippen molar-refractivity contribution in [1.29, 1.82) is 0 Å². The summed E-state index contributed by atoms with van der Waals surface area (Å²) in [4.78, 5) is 12.0. The van der Waals surface area contributed by atoms with E-state index in [0.29, 0.717) is 17.2 Å². The van der Waals surface area contributed by atoms with Crippen LogP contribution in [-0.4, -0.2) is 22.5 Å². The third-order valence-corrected chi connectivity index (χ3v) is 4.36. The average molecular weight is 327 g/mol. The Kier molecular flexibility index (Phi) is 4.83. The summed E-state index contributed by atoms with van der Waals surface area (Å²) in [5, 5.41) is 10.7. The Morgan fingerprint density at radius 3 is 2.65 bits per heavy atom. The van der Waals surface area contributed by atoms with E-state index in [-0.39, 0.29) is 17.0 Å². The van der Waals surface area contributed by atoms with Crippen molar-refractivity contribution in [3.63, 3.8) is 0 Å². The molecule has 0 aliphatic carbocycles. The number of rotatable bonds is 4. The zero-order valence-electron chi connectivity index (χ0n) is 12.1. The van der Waals surface area contributed by atoms with E-state index in [4.69, 9.17) is 0 Å². The molecular weight excluding hydrogens is 313 g/mol. The number of amidine groups is 1.